The lowest BCUT2D eigenvalue weighted by Crippen LogP contribution is -2.36. The zero-order valence-corrected chi connectivity index (χ0v) is 13.1. The summed E-state index contributed by atoms with van der Waals surface area (Å²) in [5, 5.41) is 0. The van der Waals surface area contributed by atoms with Gasteiger partial charge in [-0.3, -0.25) is 9.78 Å². The van der Waals surface area contributed by atoms with E-state index in [4.69, 9.17) is 4.98 Å². The van der Waals surface area contributed by atoms with E-state index in [-0.39, 0.29) is 5.91 Å². The van der Waals surface area contributed by atoms with Crippen molar-refractivity contribution in [1.82, 2.24) is 14.9 Å². The minimum atomic E-state index is 0.165. The topological polar surface area (TPSA) is 46.1 Å². The third-order valence-electron chi connectivity index (χ3n) is 4.43. The highest BCUT2D eigenvalue weighted by Gasteiger charge is 2.23. The summed E-state index contributed by atoms with van der Waals surface area (Å²) >= 11 is 0. The molecule has 4 heteroatoms. The van der Waals surface area contributed by atoms with Crippen LogP contribution in [0.25, 0.3) is 11.3 Å². The fraction of sp³-hybridized carbons (Fsp3) is 0.389. The van der Waals surface area contributed by atoms with Crippen molar-refractivity contribution in [2.24, 2.45) is 0 Å². The maximum Gasteiger partial charge on any atom is 0.219 e. The monoisotopic (exact) mass is 295 g/mol. The van der Waals surface area contributed by atoms with Crippen molar-refractivity contribution in [3.05, 3.63) is 47.9 Å². The highest BCUT2D eigenvalue weighted by atomic mass is 16.2. The third kappa shape index (κ3) is 3.01. The summed E-state index contributed by atoms with van der Waals surface area (Å²) in [7, 11) is 0. The summed E-state index contributed by atoms with van der Waals surface area (Å²) in [5.41, 5.74) is 4.33. The normalized spacial score (nSPS) is 15.8. The van der Waals surface area contributed by atoms with E-state index in [1.54, 1.807) is 6.92 Å². The lowest BCUT2D eigenvalue weighted by Gasteiger charge is -2.30. The zero-order valence-electron chi connectivity index (χ0n) is 13.1. The maximum atomic E-state index is 11.4. The first-order valence-electron chi connectivity index (χ1n) is 7.78. The van der Waals surface area contributed by atoms with Crippen molar-refractivity contribution in [2.45, 2.75) is 32.6 Å². The average molecular weight is 295 g/mol. The lowest BCUT2D eigenvalue weighted by molar-refractivity contribution is -0.129. The molecule has 1 amide bonds. The number of hydrogen-bond donors (Lipinski definition) is 0. The summed E-state index contributed by atoms with van der Waals surface area (Å²) in [6.45, 7) is 5.36. The van der Waals surface area contributed by atoms with Crippen LogP contribution in [0.2, 0.25) is 0 Å². The summed E-state index contributed by atoms with van der Waals surface area (Å²) < 4.78 is 0. The summed E-state index contributed by atoms with van der Waals surface area (Å²) in [4.78, 5) is 22.5. The van der Waals surface area contributed by atoms with Gasteiger partial charge in [-0.05, 0) is 25.3 Å². The Kier molecular flexibility index (Phi) is 4.18. The molecule has 0 radical (unpaired) electrons. The zero-order chi connectivity index (χ0) is 15.5. The number of benzene rings is 1. The minimum Gasteiger partial charge on any atom is -0.343 e. The smallest absolute Gasteiger partial charge is 0.219 e. The molecule has 4 nitrogen and oxygen atoms in total. The van der Waals surface area contributed by atoms with E-state index in [2.05, 4.69) is 24.0 Å². The summed E-state index contributed by atoms with van der Waals surface area (Å²) in [5.74, 6) is 0.560. The van der Waals surface area contributed by atoms with Crippen LogP contribution in [-0.4, -0.2) is 33.9 Å². The van der Waals surface area contributed by atoms with Gasteiger partial charge in [0.1, 0.15) is 0 Å². The Labute approximate surface area is 131 Å². The summed E-state index contributed by atoms with van der Waals surface area (Å²) in [6, 6.07) is 8.24. The van der Waals surface area contributed by atoms with Gasteiger partial charge in [0, 0.05) is 37.7 Å². The van der Waals surface area contributed by atoms with E-state index in [1.165, 1.54) is 5.56 Å². The van der Waals surface area contributed by atoms with Crippen molar-refractivity contribution >= 4 is 5.91 Å². The van der Waals surface area contributed by atoms with Crippen LogP contribution in [0.4, 0.5) is 0 Å². The summed E-state index contributed by atoms with van der Waals surface area (Å²) in [6.07, 6.45) is 5.63. The number of aryl methyl sites for hydroxylation is 1. The van der Waals surface area contributed by atoms with Crippen LogP contribution in [0.15, 0.2) is 36.7 Å². The van der Waals surface area contributed by atoms with Gasteiger partial charge in [-0.1, -0.05) is 24.3 Å². The SMILES string of the molecule is CC(=O)N1CCC(c2cncc(-c3ccccc3C)n2)CC1. The maximum absolute atomic E-state index is 11.4. The molecule has 0 N–H and O–H groups in total. The number of nitrogens with zero attached hydrogens (tertiary/aromatic N) is 3. The first kappa shape index (κ1) is 14.7. The van der Waals surface area contributed by atoms with E-state index < -0.39 is 0 Å². The molecule has 2 heterocycles. The highest BCUT2D eigenvalue weighted by Crippen LogP contribution is 2.28. The molecular weight excluding hydrogens is 274 g/mol. The van der Waals surface area contributed by atoms with Crippen LogP contribution in [-0.2, 0) is 4.79 Å². The van der Waals surface area contributed by atoms with Gasteiger partial charge in [-0.25, -0.2) is 4.98 Å². The Morgan fingerprint density at radius 3 is 2.59 bits per heavy atom. The third-order valence-corrected chi connectivity index (χ3v) is 4.43. The predicted octanol–water partition coefficient (Wildman–Crippen LogP) is 3.18. The van der Waals surface area contributed by atoms with Gasteiger partial charge >= 0.3 is 0 Å². The Bertz CT molecular complexity index is 676. The second-order valence-corrected chi connectivity index (χ2v) is 5.92. The van der Waals surface area contributed by atoms with Crippen molar-refractivity contribution < 1.29 is 4.79 Å². The van der Waals surface area contributed by atoms with E-state index >= 15 is 0 Å². The number of hydrogen-bond acceptors (Lipinski definition) is 3. The van der Waals surface area contributed by atoms with Crippen molar-refractivity contribution in [3.63, 3.8) is 0 Å². The van der Waals surface area contributed by atoms with E-state index in [9.17, 15) is 4.79 Å². The van der Waals surface area contributed by atoms with Gasteiger partial charge in [0.05, 0.1) is 17.6 Å². The molecule has 1 aromatic carbocycles. The number of aromatic nitrogens is 2. The second-order valence-electron chi connectivity index (χ2n) is 5.92. The number of carbonyl (C=O) groups excluding carboxylic acids is 1. The lowest BCUT2D eigenvalue weighted by atomic mass is 9.93. The molecule has 1 aromatic heterocycles. The van der Waals surface area contributed by atoms with Crippen LogP contribution >= 0.6 is 0 Å². The minimum absolute atomic E-state index is 0.165. The molecule has 2 aromatic rings. The number of amides is 1. The number of carbonyl (C=O) groups is 1. The molecule has 114 valence electrons. The Morgan fingerprint density at radius 2 is 1.91 bits per heavy atom. The van der Waals surface area contributed by atoms with Gasteiger partial charge in [-0.2, -0.15) is 0 Å². The van der Waals surface area contributed by atoms with Crippen LogP contribution in [0, 0.1) is 6.92 Å². The fourth-order valence-electron chi connectivity index (χ4n) is 3.06. The van der Waals surface area contributed by atoms with Crippen LogP contribution in [0.1, 0.15) is 36.9 Å². The van der Waals surface area contributed by atoms with Crippen molar-refractivity contribution in [3.8, 4) is 11.3 Å². The van der Waals surface area contributed by atoms with E-state index in [0.29, 0.717) is 5.92 Å². The molecule has 0 bridgehead atoms. The molecule has 1 aliphatic heterocycles. The van der Waals surface area contributed by atoms with E-state index in [0.717, 1.165) is 42.9 Å². The van der Waals surface area contributed by atoms with Crippen LogP contribution in [0.3, 0.4) is 0 Å². The number of likely N-dealkylation sites (tertiary alicyclic amines) is 1. The van der Waals surface area contributed by atoms with Gasteiger partial charge in [0.2, 0.25) is 5.91 Å². The Balaban J connectivity index is 1.81. The van der Waals surface area contributed by atoms with Crippen molar-refractivity contribution in [1.29, 1.82) is 0 Å². The first-order chi connectivity index (χ1) is 10.6. The predicted molar refractivity (Wildman–Crippen MR) is 86.4 cm³/mol. The second kappa shape index (κ2) is 6.26. The van der Waals surface area contributed by atoms with Crippen LogP contribution < -0.4 is 0 Å². The average Bonchev–Trinajstić information content (AvgIpc) is 2.55. The van der Waals surface area contributed by atoms with Gasteiger partial charge < -0.3 is 4.90 Å². The molecule has 0 aliphatic carbocycles. The molecule has 1 saturated heterocycles. The molecule has 3 rings (SSSR count). The molecule has 1 fully saturated rings. The number of rotatable bonds is 2. The van der Waals surface area contributed by atoms with Gasteiger partial charge in [0.25, 0.3) is 0 Å². The molecular formula is C18H21N3O. The number of piperidine rings is 1. The van der Waals surface area contributed by atoms with E-state index in [1.807, 2.05) is 29.4 Å². The Hall–Kier alpha value is -2.23. The quantitative estimate of drug-likeness (QED) is 0.855. The molecule has 0 atom stereocenters. The van der Waals surface area contributed by atoms with Crippen molar-refractivity contribution in [2.75, 3.05) is 13.1 Å². The molecule has 22 heavy (non-hydrogen) atoms. The molecule has 0 saturated carbocycles. The first-order valence-corrected chi connectivity index (χ1v) is 7.78. The standard InChI is InChI=1S/C18H21N3O/c1-13-5-3-4-6-16(13)18-12-19-11-17(20-18)15-7-9-21(10-8-15)14(2)22/h3-6,11-12,15H,7-10H2,1-2H3. The van der Waals surface area contributed by atoms with Gasteiger partial charge in [0.15, 0.2) is 0 Å². The van der Waals surface area contributed by atoms with Gasteiger partial charge in [-0.15, -0.1) is 0 Å². The highest BCUT2D eigenvalue weighted by molar-refractivity contribution is 5.73. The largest absolute Gasteiger partial charge is 0.343 e. The molecule has 1 aliphatic rings. The van der Waals surface area contributed by atoms with Crippen LogP contribution in [0.5, 0.6) is 0 Å². The molecule has 0 spiro atoms. The molecule has 0 unspecified atom stereocenters. The fourth-order valence-corrected chi connectivity index (χ4v) is 3.06. The Morgan fingerprint density at radius 1 is 1.18 bits per heavy atom.